The van der Waals surface area contributed by atoms with Crippen LogP contribution in [0, 0.1) is 5.82 Å². The third-order valence-electron chi connectivity index (χ3n) is 4.99. The van der Waals surface area contributed by atoms with E-state index in [1.807, 2.05) is 0 Å². The smallest absolute Gasteiger partial charge is 0.322 e. The van der Waals surface area contributed by atoms with Crippen LogP contribution in [-0.2, 0) is 12.7 Å². The summed E-state index contributed by atoms with van der Waals surface area (Å²) in [6.45, 7) is 0.214. The molecule has 0 spiro atoms. The van der Waals surface area contributed by atoms with Gasteiger partial charge in [-0.05, 0) is 54.1 Å². The number of halogens is 5. The molecule has 0 radical (unpaired) electrons. The van der Waals surface area contributed by atoms with Crippen molar-refractivity contribution in [2.75, 3.05) is 12.4 Å². The number of alkyl halides is 3. The van der Waals surface area contributed by atoms with Gasteiger partial charge >= 0.3 is 12.2 Å². The van der Waals surface area contributed by atoms with Crippen molar-refractivity contribution < 1.29 is 22.4 Å². The normalized spacial score (nSPS) is 11.3. The molecular weight excluding hydrogens is 500 g/mol. The maximum Gasteiger partial charge on any atom is 0.433 e. The van der Waals surface area contributed by atoms with Crippen LogP contribution < -0.4 is 5.32 Å². The molecule has 0 unspecified atom stereocenters. The number of amides is 2. The molecule has 7 nitrogen and oxygen atoms in total. The van der Waals surface area contributed by atoms with Gasteiger partial charge in [0.05, 0.1) is 17.9 Å². The molecule has 3 heterocycles. The van der Waals surface area contributed by atoms with Crippen LogP contribution in [0.2, 0.25) is 5.15 Å². The number of aromatic nitrogens is 4. The van der Waals surface area contributed by atoms with Gasteiger partial charge in [0.2, 0.25) is 5.95 Å². The van der Waals surface area contributed by atoms with Gasteiger partial charge in [-0.1, -0.05) is 17.7 Å². The summed E-state index contributed by atoms with van der Waals surface area (Å²) in [6.07, 6.45) is -1.87. The zero-order valence-corrected chi connectivity index (χ0v) is 19.3. The van der Waals surface area contributed by atoms with E-state index in [2.05, 4.69) is 25.3 Å². The Bertz CT molecular complexity index is 1380. The maximum atomic E-state index is 13.5. The number of rotatable bonds is 5. The molecule has 3 aromatic heterocycles. The van der Waals surface area contributed by atoms with Crippen molar-refractivity contribution in [2.45, 2.75) is 12.7 Å². The van der Waals surface area contributed by atoms with Crippen molar-refractivity contribution in [1.82, 2.24) is 24.8 Å². The number of anilines is 1. The fourth-order valence-electron chi connectivity index (χ4n) is 3.28. The molecule has 12 heteroatoms. The first kappa shape index (κ1) is 25.0. The third kappa shape index (κ3) is 5.92. The van der Waals surface area contributed by atoms with Gasteiger partial charge in [-0.3, -0.25) is 10.3 Å². The van der Waals surface area contributed by atoms with E-state index < -0.39 is 23.7 Å². The number of hydrogen-bond acceptors (Lipinski definition) is 5. The first-order valence-electron chi connectivity index (χ1n) is 10.4. The number of carbonyl (C=O) groups excluding carboxylic acids is 1. The molecule has 0 bridgehead atoms. The van der Waals surface area contributed by atoms with Crippen LogP contribution in [0.5, 0.6) is 0 Å². The molecule has 2 amide bonds. The molecule has 0 aliphatic carbocycles. The van der Waals surface area contributed by atoms with Crippen LogP contribution in [0.25, 0.3) is 22.4 Å². The molecule has 1 N–H and O–H groups in total. The van der Waals surface area contributed by atoms with Crippen molar-refractivity contribution in [2.24, 2.45) is 0 Å². The number of pyridine rings is 2. The molecule has 0 saturated carbocycles. The molecule has 0 aliphatic rings. The standard InChI is InChI=1S/C24H17ClF4N6O/c1-35(13-17-4-2-3-9-30-17)23(36)34-22-31-12-18(21(33-22)14-5-7-16(26)8-6-14)15-10-19(24(27,28)29)32-20(25)11-15/h2-12H,13H2,1H3,(H,31,33,34,36). The van der Waals surface area contributed by atoms with E-state index in [4.69, 9.17) is 11.6 Å². The molecule has 0 fully saturated rings. The fourth-order valence-corrected chi connectivity index (χ4v) is 3.48. The third-order valence-corrected chi connectivity index (χ3v) is 5.19. The van der Waals surface area contributed by atoms with Gasteiger partial charge < -0.3 is 4.90 Å². The molecule has 36 heavy (non-hydrogen) atoms. The maximum absolute atomic E-state index is 13.5. The monoisotopic (exact) mass is 516 g/mol. The molecule has 0 aliphatic heterocycles. The zero-order valence-electron chi connectivity index (χ0n) is 18.6. The SMILES string of the molecule is CN(Cc1ccccn1)C(=O)Nc1ncc(-c2cc(Cl)nc(C(F)(F)F)c2)c(-c2ccc(F)cc2)n1. The average molecular weight is 517 g/mol. The van der Waals surface area contributed by atoms with Gasteiger partial charge in [0.1, 0.15) is 16.7 Å². The number of nitrogens with zero attached hydrogens (tertiary/aromatic N) is 5. The first-order chi connectivity index (χ1) is 17.1. The molecule has 4 rings (SSSR count). The van der Waals surface area contributed by atoms with Crippen LogP contribution in [0.4, 0.5) is 28.3 Å². The predicted octanol–water partition coefficient (Wildman–Crippen LogP) is 6.08. The van der Waals surface area contributed by atoms with Crippen LogP contribution in [-0.4, -0.2) is 37.9 Å². The second-order valence-corrected chi connectivity index (χ2v) is 8.02. The summed E-state index contributed by atoms with van der Waals surface area (Å²) in [4.78, 5) is 30.0. The molecule has 184 valence electrons. The van der Waals surface area contributed by atoms with Crippen molar-refractivity contribution >= 4 is 23.6 Å². The fraction of sp³-hybridized carbons (Fsp3) is 0.125. The van der Waals surface area contributed by atoms with Crippen LogP contribution in [0.15, 0.2) is 67.0 Å². The zero-order chi connectivity index (χ0) is 25.9. The predicted molar refractivity (Wildman–Crippen MR) is 125 cm³/mol. The van der Waals surface area contributed by atoms with E-state index >= 15 is 0 Å². The Morgan fingerprint density at radius 1 is 1.03 bits per heavy atom. The summed E-state index contributed by atoms with van der Waals surface area (Å²) >= 11 is 5.86. The Morgan fingerprint density at radius 2 is 1.78 bits per heavy atom. The van der Waals surface area contributed by atoms with Crippen LogP contribution in [0.1, 0.15) is 11.4 Å². The summed E-state index contributed by atoms with van der Waals surface area (Å²) < 4.78 is 53.5. The van der Waals surface area contributed by atoms with E-state index in [1.54, 1.807) is 31.4 Å². The molecule has 0 saturated heterocycles. The van der Waals surface area contributed by atoms with Gasteiger partial charge in [-0.2, -0.15) is 13.2 Å². The van der Waals surface area contributed by atoms with E-state index in [0.29, 0.717) is 11.3 Å². The van der Waals surface area contributed by atoms with Gasteiger partial charge in [0.15, 0.2) is 0 Å². The highest BCUT2D eigenvalue weighted by Gasteiger charge is 2.33. The second kappa shape index (κ2) is 10.2. The average Bonchev–Trinajstić information content (AvgIpc) is 2.84. The largest absolute Gasteiger partial charge is 0.433 e. The Kier molecular flexibility index (Phi) is 7.11. The number of urea groups is 1. The number of hydrogen-bond donors (Lipinski definition) is 1. The summed E-state index contributed by atoms with van der Waals surface area (Å²) in [7, 11) is 1.55. The van der Waals surface area contributed by atoms with Crippen molar-refractivity contribution in [1.29, 1.82) is 0 Å². The summed E-state index contributed by atoms with van der Waals surface area (Å²) in [5, 5.41) is 2.18. The minimum atomic E-state index is -4.73. The highest BCUT2D eigenvalue weighted by molar-refractivity contribution is 6.29. The lowest BCUT2D eigenvalue weighted by Gasteiger charge is -2.18. The van der Waals surface area contributed by atoms with E-state index in [1.165, 1.54) is 41.4 Å². The second-order valence-electron chi connectivity index (χ2n) is 7.63. The van der Waals surface area contributed by atoms with E-state index in [-0.39, 0.29) is 34.5 Å². The van der Waals surface area contributed by atoms with Gasteiger partial charge in [-0.25, -0.2) is 24.1 Å². The topological polar surface area (TPSA) is 83.9 Å². The lowest BCUT2D eigenvalue weighted by molar-refractivity contribution is -0.141. The summed E-state index contributed by atoms with van der Waals surface area (Å²) in [5.74, 6) is -0.613. The highest BCUT2D eigenvalue weighted by atomic mass is 35.5. The van der Waals surface area contributed by atoms with Gasteiger partial charge in [-0.15, -0.1) is 0 Å². The van der Waals surface area contributed by atoms with E-state index in [9.17, 15) is 22.4 Å². The Labute approximate surface area is 207 Å². The lowest BCUT2D eigenvalue weighted by atomic mass is 10.0. The molecular formula is C24H17ClF4N6O. The first-order valence-corrected chi connectivity index (χ1v) is 10.8. The lowest BCUT2D eigenvalue weighted by Crippen LogP contribution is -2.31. The number of carbonyl (C=O) groups is 1. The van der Waals surface area contributed by atoms with E-state index in [0.717, 1.165) is 6.07 Å². The Balaban J connectivity index is 1.71. The van der Waals surface area contributed by atoms with Crippen LogP contribution >= 0.6 is 11.6 Å². The number of benzene rings is 1. The van der Waals surface area contributed by atoms with Crippen molar-refractivity contribution in [3.63, 3.8) is 0 Å². The summed E-state index contributed by atoms with van der Waals surface area (Å²) in [6, 6.07) is 12.0. The quantitative estimate of drug-likeness (QED) is 0.257. The number of nitrogens with one attached hydrogen (secondary N) is 1. The Morgan fingerprint density at radius 3 is 2.44 bits per heavy atom. The molecule has 1 aromatic carbocycles. The van der Waals surface area contributed by atoms with Gasteiger partial charge in [0.25, 0.3) is 0 Å². The van der Waals surface area contributed by atoms with Crippen molar-refractivity contribution in [3.05, 3.63) is 89.3 Å². The highest BCUT2D eigenvalue weighted by Crippen LogP contribution is 2.36. The molecule has 4 aromatic rings. The van der Waals surface area contributed by atoms with Crippen molar-refractivity contribution in [3.8, 4) is 22.4 Å². The summed E-state index contributed by atoms with van der Waals surface area (Å²) in [5.41, 5.74) is 0.232. The minimum absolute atomic E-state index is 0.0480. The van der Waals surface area contributed by atoms with Gasteiger partial charge in [0, 0.05) is 30.6 Å². The van der Waals surface area contributed by atoms with Crippen LogP contribution in [0.3, 0.4) is 0 Å². The Hall–Kier alpha value is -4.12. The minimum Gasteiger partial charge on any atom is -0.322 e. The molecule has 0 atom stereocenters.